The number of nitro groups is 1. The summed E-state index contributed by atoms with van der Waals surface area (Å²) in [5, 5.41) is 11.1. The summed E-state index contributed by atoms with van der Waals surface area (Å²) in [6.45, 7) is 0. The Hall–Kier alpha value is -3.54. The third-order valence-corrected chi connectivity index (χ3v) is 3.17. The topological polar surface area (TPSA) is 87.6 Å². The Labute approximate surface area is 138 Å². The predicted octanol–water partition coefficient (Wildman–Crippen LogP) is 4.76. The summed E-state index contributed by atoms with van der Waals surface area (Å²) >= 11 is 0. The second-order valence-electron chi connectivity index (χ2n) is 5.01. The molecule has 0 aliphatic carbocycles. The van der Waals surface area contributed by atoms with Gasteiger partial charge in [-0.15, -0.1) is 0 Å². The van der Waals surface area contributed by atoms with Gasteiger partial charge in [0.1, 0.15) is 23.0 Å². The molecule has 0 saturated heterocycles. The summed E-state index contributed by atoms with van der Waals surface area (Å²) in [5.74, 6) is 1.73. The van der Waals surface area contributed by atoms with Gasteiger partial charge >= 0.3 is 0 Å². The SMILES string of the molecule is Nc1ccc(Oc2cc(Oc3ccccc3)cc([N+](=O)[O-])c2)cc1. The number of para-hydroxylation sites is 1. The van der Waals surface area contributed by atoms with Crippen molar-refractivity contribution >= 4 is 11.4 Å². The highest BCUT2D eigenvalue weighted by molar-refractivity contribution is 5.49. The van der Waals surface area contributed by atoms with E-state index in [2.05, 4.69) is 0 Å². The maximum Gasteiger partial charge on any atom is 0.276 e. The molecule has 0 heterocycles. The number of ether oxygens (including phenoxy) is 2. The molecule has 2 N–H and O–H groups in total. The smallest absolute Gasteiger partial charge is 0.276 e. The number of rotatable bonds is 5. The Kier molecular flexibility index (Phi) is 4.29. The molecule has 0 aromatic heterocycles. The molecule has 0 radical (unpaired) electrons. The van der Waals surface area contributed by atoms with E-state index in [1.54, 1.807) is 42.5 Å². The molecule has 0 aliphatic rings. The summed E-state index contributed by atoms with van der Waals surface area (Å²) in [6.07, 6.45) is 0. The minimum Gasteiger partial charge on any atom is -0.457 e. The summed E-state index contributed by atoms with van der Waals surface area (Å²) in [6, 6.07) is 20.1. The molecule has 3 rings (SSSR count). The standard InChI is InChI=1S/C18H14N2O4/c19-13-6-8-16(9-7-13)24-18-11-14(20(21)22)10-17(12-18)23-15-4-2-1-3-5-15/h1-12H,19H2. The predicted molar refractivity (Wildman–Crippen MR) is 90.5 cm³/mol. The maximum absolute atomic E-state index is 11.1. The van der Waals surface area contributed by atoms with Gasteiger partial charge in [0, 0.05) is 11.8 Å². The van der Waals surface area contributed by atoms with Gasteiger partial charge < -0.3 is 15.2 Å². The van der Waals surface area contributed by atoms with E-state index in [-0.39, 0.29) is 5.69 Å². The number of nitro benzene ring substituents is 1. The lowest BCUT2D eigenvalue weighted by Crippen LogP contribution is -1.93. The highest BCUT2D eigenvalue weighted by Crippen LogP contribution is 2.33. The third kappa shape index (κ3) is 3.80. The lowest BCUT2D eigenvalue weighted by atomic mass is 10.2. The first-order valence-corrected chi connectivity index (χ1v) is 7.16. The number of hydrogen-bond donors (Lipinski definition) is 1. The zero-order valence-electron chi connectivity index (χ0n) is 12.6. The van der Waals surface area contributed by atoms with Crippen LogP contribution in [0.2, 0.25) is 0 Å². The Morgan fingerprint density at radius 1 is 0.750 bits per heavy atom. The van der Waals surface area contributed by atoms with Crippen LogP contribution in [0.15, 0.2) is 72.8 Å². The van der Waals surface area contributed by atoms with Crippen molar-refractivity contribution in [3.05, 3.63) is 82.9 Å². The lowest BCUT2D eigenvalue weighted by molar-refractivity contribution is -0.385. The van der Waals surface area contributed by atoms with Crippen LogP contribution in [0.3, 0.4) is 0 Å². The number of anilines is 1. The fraction of sp³-hybridized carbons (Fsp3) is 0. The Morgan fingerprint density at radius 2 is 1.29 bits per heavy atom. The molecule has 6 heteroatoms. The first-order chi connectivity index (χ1) is 11.6. The average molecular weight is 322 g/mol. The van der Waals surface area contributed by atoms with Gasteiger partial charge in [-0.3, -0.25) is 10.1 Å². The van der Waals surface area contributed by atoms with E-state index >= 15 is 0 Å². The van der Waals surface area contributed by atoms with Crippen molar-refractivity contribution in [3.8, 4) is 23.0 Å². The maximum atomic E-state index is 11.1. The van der Waals surface area contributed by atoms with E-state index in [1.807, 2.05) is 18.2 Å². The van der Waals surface area contributed by atoms with Crippen LogP contribution in [-0.4, -0.2) is 4.92 Å². The average Bonchev–Trinajstić information content (AvgIpc) is 2.58. The van der Waals surface area contributed by atoms with Crippen LogP contribution in [-0.2, 0) is 0 Å². The highest BCUT2D eigenvalue weighted by Gasteiger charge is 2.13. The molecule has 0 spiro atoms. The molecule has 0 bridgehead atoms. The molecule has 6 nitrogen and oxygen atoms in total. The third-order valence-electron chi connectivity index (χ3n) is 3.17. The molecular formula is C18H14N2O4. The van der Waals surface area contributed by atoms with E-state index < -0.39 is 4.92 Å². The fourth-order valence-electron chi connectivity index (χ4n) is 2.08. The van der Waals surface area contributed by atoms with Crippen molar-refractivity contribution in [3.63, 3.8) is 0 Å². The number of benzene rings is 3. The van der Waals surface area contributed by atoms with Gasteiger partial charge in [0.15, 0.2) is 0 Å². The minimum absolute atomic E-state index is 0.117. The van der Waals surface area contributed by atoms with Crippen molar-refractivity contribution in [2.45, 2.75) is 0 Å². The van der Waals surface area contributed by atoms with Crippen LogP contribution in [0.1, 0.15) is 0 Å². The van der Waals surface area contributed by atoms with E-state index in [4.69, 9.17) is 15.2 Å². The van der Waals surface area contributed by atoms with Gasteiger partial charge in [-0.05, 0) is 36.4 Å². The molecule has 0 unspecified atom stereocenters. The molecular weight excluding hydrogens is 308 g/mol. The molecule has 0 saturated carbocycles. The summed E-state index contributed by atoms with van der Waals surface area (Å²) in [7, 11) is 0. The lowest BCUT2D eigenvalue weighted by Gasteiger charge is -2.09. The van der Waals surface area contributed by atoms with E-state index in [0.29, 0.717) is 28.7 Å². The van der Waals surface area contributed by atoms with E-state index in [1.165, 1.54) is 12.1 Å². The number of nitrogens with zero attached hydrogens (tertiary/aromatic N) is 1. The molecule has 0 atom stereocenters. The van der Waals surface area contributed by atoms with Crippen molar-refractivity contribution < 1.29 is 14.4 Å². The number of non-ortho nitro benzene ring substituents is 1. The molecule has 0 fully saturated rings. The molecule has 3 aromatic carbocycles. The molecule has 0 aliphatic heterocycles. The van der Waals surface area contributed by atoms with Crippen LogP contribution in [0, 0.1) is 10.1 Å². The van der Waals surface area contributed by atoms with E-state index in [9.17, 15) is 10.1 Å². The summed E-state index contributed by atoms with van der Waals surface area (Å²) in [5.41, 5.74) is 6.12. The summed E-state index contributed by atoms with van der Waals surface area (Å²) in [4.78, 5) is 10.6. The van der Waals surface area contributed by atoms with Crippen LogP contribution < -0.4 is 15.2 Å². The largest absolute Gasteiger partial charge is 0.457 e. The van der Waals surface area contributed by atoms with Crippen molar-refractivity contribution in [2.24, 2.45) is 0 Å². The van der Waals surface area contributed by atoms with Crippen LogP contribution in [0.25, 0.3) is 0 Å². The van der Waals surface area contributed by atoms with Gasteiger partial charge in [-0.2, -0.15) is 0 Å². The van der Waals surface area contributed by atoms with Crippen LogP contribution in [0.5, 0.6) is 23.0 Å². The molecule has 120 valence electrons. The second-order valence-corrected chi connectivity index (χ2v) is 5.01. The minimum atomic E-state index is -0.492. The first-order valence-electron chi connectivity index (χ1n) is 7.16. The van der Waals surface area contributed by atoms with Gasteiger partial charge in [0.05, 0.1) is 17.1 Å². The molecule has 24 heavy (non-hydrogen) atoms. The quantitative estimate of drug-likeness (QED) is 0.415. The number of nitrogen functional groups attached to an aromatic ring is 1. The highest BCUT2D eigenvalue weighted by atomic mass is 16.6. The Morgan fingerprint density at radius 3 is 1.83 bits per heavy atom. The first kappa shape index (κ1) is 15.4. The van der Waals surface area contributed by atoms with Crippen molar-refractivity contribution in [1.29, 1.82) is 0 Å². The van der Waals surface area contributed by atoms with Crippen molar-refractivity contribution in [1.82, 2.24) is 0 Å². The second kappa shape index (κ2) is 6.70. The number of nitrogens with two attached hydrogens (primary N) is 1. The Bertz CT molecular complexity index is 849. The molecule has 0 amide bonds. The normalized spacial score (nSPS) is 10.2. The zero-order chi connectivity index (χ0) is 16.9. The van der Waals surface area contributed by atoms with Crippen molar-refractivity contribution in [2.75, 3.05) is 5.73 Å². The van der Waals surface area contributed by atoms with Gasteiger partial charge in [-0.1, -0.05) is 18.2 Å². The van der Waals surface area contributed by atoms with Crippen LogP contribution >= 0.6 is 0 Å². The van der Waals surface area contributed by atoms with Crippen LogP contribution in [0.4, 0.5) is 11.4 Å². The Balaban J connectivity index is 1.90. The monoisotopic (exact) mass is 322 g/mol. The molecule has 3 aromatic rings. The fourth-order valence-corrected chi connectivity index (χ4v) is 2.08. The van der Waals surface area contributed by atoms with Gasteiger partial charge in [0.25, 0.3) is 5.69 Å². The van der Waals surface area contributed by atoms with Gasteiger partial charge in [-0.25, -0.2) is 0 Å². The zero-order valence-corrected chi connectivity index (χ0v) is 12.6. The summed E-state index contributed by atoms with van der Waals surface area (Å²) < 4.78 is 11.3. The number of hydrogen-bond acceptors (Lipinski definition) is 5. The van der Waals surface area contributed by atoms with E-state index in [0.717, 1.165) is 0 Å². The van der Waals surface area contributed by atoms with Gasteiger partial charge in [0.2, 0.25) is 0 Å².